The van der Waals surface area contributed by atoms with Gasteiger partial charge in [-0.25, -0.2) is 0 Å². The van der Waals surface area contributed by atoms with Gasteiger partial charge in [0.2, 0.25) is 5.91 Å². The molecule has 34 heavy (non-hydrogen) atoms. The van der Waals surface area contributed by atoms with Gasteiger partial charge >= 0.3 is 0 Å². The Bertz CT molecular complexity index is 1540. The average molecular weight is 465 g/mol. The zero-order chi connectivity index (χ0) is 23.5. The van der Waals surface area contributed by atoms with Crippen LogP contribution in [0, 0.1) is 18.3 Å². The molecule has 2 aromatic heterocycles. The van der Waals surface area contributed by atoms with E-state index in [9.17, 15) is 4.79 Å². The Morgan fingerprint density at radius 3 is 2.79 bits per heavy atom. The van der Waals surface area contributed by atoms with Crippen molar-refractivity contribution in [2.75, 3.05) is 11.1 Å². The standard InChI is InChI=1S/C26H20N6OS/c1-17-6-4-9-20(12-17)32-25(22-15-28-23-11-3-2-10-21(22)23)30-31-26(32)34-16-24(33)29-19-8-5-7-18(13-19)14-27/h2-13,15,28H,16H2,1H3,(H,29,33). The fraction of sp³-hybridized carbons (Fsp3) is 0.0769. The summed E-state index contributed by atoms with van der Waals surface area (Å²) in [4.78, 5) is 15.9. The molecule has 0 spiro atoms. The molecule has 0 saturated heterocycles. The number of nitrogens with zero attached hydrogens (tertiary/aromatic N) is 4. The van der Waals surface area contributed by atoms with E-state index in [1.165, 1.54) is 11.8 Å². The molecular weight excluding hydrogens is 444 g/mol. The second-order valence-corrected chi connectivity index (χ2v) is 8.70. The Morgan fingerprint density at radius 2 is 1.94 bits per heavy atom. The molecule has 5 aromatic rings. The van der Waals surface area contributed by atoms with Crippen molar-refractivity contribution in [2.45, 2.75) is 12.1 Å². The van der Waals surface area contributed by atoms with Crippen LogP contribution in [0.5, 0.6) is 0 Å². The molecule has 1 amide bonds. The molecule has 5 rings (SSSR count). The monoisotopic (exact) mass is 464 g/mol. The number of amides is 1. The summed E-state index contributed by atoms with van der Waals surface area (Å²) in [6.07, 6.45) is 1.93. The van der Waals surface area contributed by atoms with Crippen molar-refractivity contribution in [3.05, 3.63) is 90.1 Å². The van der Waals surface area contributed by atoms with Gasteiger partial charge in [0.1, 0.15) is 0 Å². The maximum atomic E-state index is 12.6. The molecule has 0 aliphatic heterocycles. The number of carbonyl (C=O) groups is 1. The van der Waals surface area contributed by atoms with Crippen LogP contribution in [0.1, 0.15) is 11.1 Å². The van der Waals surface area contributed by atoms with Crippen LogP contribution in [-0.2, 0) is 4.79 Å². The molecule has 0 bridgehead atoms. The van der Waals surface area contributed by atoms with Crippen molar-refractivity contribution in [3.8, 4) is 23.1 Å². The SMILES string of the molecule is Cc1cccc(-n2c(SCC(=O)Nc3cccc(C#N)c3)nnc2-c2c[nH]c3ccccc23)c1. The van der Waals surface area contributed by atoms with E-state index < -0.39 is 0 Å². The highest BCUT2D eigenvalue weighted by Crippen LogP contribution is 2.32. The number of hydrogen-bond donors (Lipinski definition) is 2. The van der Waals surface area contributed by atoms with Gasteiger partial charge in [0.25, 0.3) is 0 Å². The number of para-hydroxylation sites is 1. The van der Waals surface area contributed by atoms with E-state index in [0.717, 1.165) is 27.7 Å². The first-order valence-corrected chi connectivity index (χ1v) is 11.6. The Balaban J connectivity index is 1.46. The van der Waals surface area contributed by atoms with Crippen molar-refractivity contribution < 1.29 is 4.79 Å². The zero-order valence-corrected chi connectivity index (χ0v) is 19.1. The first-order valence-electron chi connectivity index (χ1n) is 10.6. The van der Waals surface area contributed by atoms with Crippen molar-refractivity contribution in [1.82, 2.24) is 19.7 Å². The Hall–Kier alpha value is -4.35. The predicted octanol–water partition coefficient (Wildman–Crippen LogP) is 5.33. The van der Waals surface area contributed by atoms with Gasteiger partial charge in [-0.2, -0.15) is 5.26 Å². The van der Waals surface area contributed by atoms with Gasteiger partial charge in [-0.05, 0) is 48.9 Å². The fourth-order valence-corrected chi connectivity index (χ4v) is 4.54. The quantitative estimate of drug-likeness (QED) is 0.331. The van der Waals surface area contributed by atoms with Crippen LogP contribution in [-0.4, -0.2) is 31.4 Å². The molecule has 8 heteroatoms. The second kappa shape index (κ2) is 9.25. The number of thioether (sulfide) groups is 1. The van der Waals surface area contributed by atoms with Gasteiger partial charge in [-0.1, -0.05) is 48.2 Å². The highest BCUT2D eigenvalue weighted by molar-refractivity contribution is 7.99. The van der Waals surface area contributed by atoms with Crippen LogP contribution in [0.15, 0.2) is 84.1 Å². The second-order valence-electron chi connectivity index (χ2n) is 7.76. The minimum atomic E-state index is -0.187. The third-order valence-corrected chi connectivity index (χ3v) is 6.26. The molecule has 7 nitrogen and oxygen atoms in total. The van der Waals surface area contributed by atoms with E-state index in [1.807, 2.05) is 60.2 Å². The fourth-order valence-electron chi connectivity index (χ4n) is 3.79. The van der Waals surface area contributed by atoms with Crippen LogP contribution in [0.3, 0.4) is 0 Å². The summed E-state index contributed by atoms with van der Waals surface area (Å²) in [5.74, 6) is 0.662. The molecule has 3 aromatic carbocycles. The van der Waals surface area contributed by atoms with Gasteiger partial charge in [0, 0.05) is 34.0 Å². The topological polar surface area (TPSA) is 99.4 Å². The highest BCUT2D eigenvalue weighted by Gasteiger charge is 2.20. The van der Waals surface area contributed by atoms with E-state index >= 15 is 0 Å². The maximum absolute atomic E-state index is 12.6. The predicted molar refractivity (Wildman–Crippen MR) is 134 cm³/mol. The molecule has 0 unspecified atom stereocenters. The average Bonchev–Trinajstić information content (AvgIpc) is 3.47. The molecule has 0 aliphatic rings. The molecule has 166 valence electrons. The van der Waals surface area contributed by atoms with Crippen molar-refractivity contribution in [2.24, 2.45) is 0 Å². The number of fused-ring (bicyclic) bond motifs is 1. The number of rotatable bonds is 6. The Labute approximate surface area is 200 Å². The van der Waals surface area contributed by atoms with Crippen LogP contribution in [0.25, 0.3) is 28.0 Å². The smallest absolute Gasteiger partial charge is 0.234 e. The number of aromatic amines is 1. The molecule has 0 fully saturated rings. The van der Waals surface area contributed by atoms with E-state index in [-0.39, 0.29) is 11.7 Å². The van der Waals surface area contributed by atoms with E-state index in [1.54, 1.807) is 24.3 Å². The largest absolute Gasteiger partial charge is 0.360 e. The van der Waals surface area contributed by atoms with Crippen LogP contribution >= 0.6 is 11.8 Å². The molecular formula is C26H20N6OS. The third kappa shape index (κ3) is 4.29. The number of H-pyrrole nitrogens is 1. The number of benzene rings is 3. The molecule has 0 aliphatic carbocycles. The van der Waals surface area contributed by atoms with E-state index in [4.69, 9.17) is 5.26 Å². The lowest BCUT2D eigenvalue weighted by atomic mass is 10.1. The maximum Gasteiger partial charge on any atom is 0.234 e. The summed E-state index contributed by atoms with van der Waals surface area (Å²) in [7, 11) is 0. The summed E-state index contributed by atoms with van der Waals surface area (Å²) < 4.78 is 1.98. The van der Waals surface area contributed by atoms with Gasteiger partial charge in [-0.3, -0.25) is 9.36 Å². The number of hydrogen-bond acceptors (Lipinski definition) is 5. The zero-order valence-electron chi connectivity index (χ0n) is 18.3. The van der Waals surface area contributed by atoms with E-state index in [0.29, 0.717) is 22.2 Å². The number of nitriles is 1. The third-order valence-electron chi connectivity index (χ3n) is 5.33. The van der Waals surface area contributed by atoms with Crippen molar-refractivity contribution in [1.29, 1.82) is 5.26 Å². The number of aryl methyl sites for hydroxylation is 1. The minimum absolute atomic E-state index is 0.147. The summed E-state index contributed by atoms with van der Waals surface area (Å²) >= 11 is 1.31. The Kier molecular flexibility index (Phi) is 5.85. The van der Waals surface area contributed by atoms with Crippen LogP contribution in [0.4, 0.5) is 5.69 Å². The number of aromatic nitrogens is 4. The van der Waals surface area contributed by atoms with Crippen LogP contribution < -0.4 is 5.32 Å². The lowest BCUT2D eigenvalue weighted by molar-refractivity contribution is -0.113. The van der Waals surface area contributed by atoms with E-state index in [2.05, 4.69) is 32.6 Å². The van der Waals surface area contributed by atoms with Gasteiger partial charge in [0.15, 0.2) is 11.0 Å². The highest BCUT2D eigenvalue weighted by atomic mass is 32.2. The summed E-state index contributed by atoms with van der Waals surface area (Å²) in [5, 5.41) is 22.5. The first-order chi connectivity index (χ1) is 16.6. The number of nitrogens with one attached hydrogen (secondary N) is 2. The van der Waals surface area contributed by atoms with Gasteiger partial charge < -0.3 is 10.3 Å². The molecule has 2 N–H and O–H groups in total. The van der Waals surface area contributed by atoms with Crippen molar-refractivity contribution in [3.63, 3.8) is 0 Å². The Morgan fingerprint density at radius 1 is 1.09 bits per heavy atom. The molecule has 0 radical (unpaired) electrons. The summed E-state index contributed by atoms with van der Waals surface area (Å²) in [6, 6.07) is 25.1. The molecule has 0 saturated carbocycles. The number of carbonyl (C=O) groups excluding carboxylic acids is 1. The number of anilines is 1. The molecule has 2 heterocycles. The summed E-state index contributed by atoms with van der Waals surface area (Å²) in [5.41, 5.74) is 5.08. The van der Waals surface area contributed by atoms with Gasteiger partial charge in [-0.15, -0.1) is 10.2 Å². The summed E-state index contributed by atoms with van der Waals surface area (Å²) in [6.45, 7) is 2.04. The van der Waals surface area contributed by atoms with Crippen LogP contribution in [0.2, 0.25) is 0 Å². The normalized spacial score (nSPS) is 10.8. The van der Waals surface area contributed by atoms with Crippen molar-refractivity contribution >= 4 is 34.3 Å². The molecule has 0 atom stereocenters. The lowest BCUT2D eigenvalue weighted by Crippen LogP contribution is -2.14. The van der Waals surface area contributed by atoms with Gasteiger partial charge in [0.05, 0.1) is 17.4 Å². The lowest BCUT2D eigenvalue weighted by Gasteiger charge is -2.11. The first kappa shape index (κ1) is 21.5. The minimum Gasteiger partial charge on any atom is -0.360 e.